The number of hydrogen-bond donors (Lipinski definition) is 3. The minimum atomic E-state index is -0.786. The summed E-state index contributed by atoms with van der Waals surface area (Å²) in [6.45, 7) is -0.255. The number of hydrogen-bond acceptors (Lipinski definition) is 4. The Kier molecular flexibility index (Phi) is 3.51. The van der Waals surface area contributed by atoms with Crippen molar-refractivity contribution in [3.63, 3.8) is 0 Å². The van der Waals surface area contributed by atoms with Crippen LogP contribution in [0.3, 0.4) is 0 Å². The number of ether oxygens (including phenoxy) is 1. The smallest absolute Gasteiger partial charge is 0.165 e. The van der Waals surface area contributed by atoms with Crippen LogP contribution in [0.15, 0.2) is 6.07 Å². The molecule has 0 heterocycles. The normalized spacial score (nSPS) is 10.3. The van der Waals surface area contributed by atoms with Crippen molar-refractivity contribution in [1.29, 1.82) is 0 Å². The number of methoxy groups -OCH3 is 1. The third-order valence-electron chi connectivity index (χ3n) is 1.73. The summed E-state index contributed by atoms with van der Waals surface area (Å²) in [6.07, 6.45) is 0. The molecule has 0 atom stereocenters. The zero-order chi connectivity index (χ0) is 10.7. The van der Waals surface area contributed by atoms with Gasteiger partial charge in [0, 0.05) is 6.07 Å². The SMILES string of the molecule is COc1cc(Cl)c(F)c(CNO)c1O. The molecule has 1 aromatic carbocycles. The average Bonchev–Trinajstić information content (AvgIpc) is 2.18. The van der Waals surface area contributed by atoms with E-state index in [1.807, 2.05) is 0 Å². The van der Waals surface area contributed by atoms with Crippen LogP contribution in [-0.4, -0.2) is 17.4 Å². The van der Waals surface area contributed by atoms with Crippen molar-refractivity contribution < 1.29 is 19.4 Å². The minimum Gasteiger partial charge on any atom is -0.504 e. The van der Waals surface area contributed by atoms with Crippen molar-refractivity contribution in [2.45, 2.75) is 6.54 Å². The molecule has 0 aromatic heterocycles. The van der Waals surface area contributed by atoms with E-state index in [1.165, 1.54) is 7.11 Å². The second-order valence-corrected chi connectivity index (χ2v) is 2.94. The molecule has 14 heavy (non-hydrogen) atoms. The lowest BCUT2D eigenvalue weighted by molar-refractivity contribution is 0.158. The van der Waals surface area contributed by atoms with E-state index < -0.39 is 5.82 Å². The number of hydroxylamine groups is 1. The standard InChI is InChI=1S/C8H9ClFNO3/c1-14-6-2-5(9)7(10)4(3-11-13)8(6)12/h2,11-13H,3H2,1H3. The van der Waals surface area contributed by atoms with Gasteiger partial charge in [0.05, 0.1) is 24.2 Å². The second-order valence-electron chi connectivity index (χ2n) is 2.54. The van der Waals surface area contributed by atoms with Crippen molar-refractivity contribution in [3.8, 4) is 11.5 Å². The fourth-order valence-electron chi connectivity index (χ4n) is 1.04. The molecule has 78 valence electrons. The topological polar surface area (TPSA) is 61.7 Å². The lowest BCUT2D eigenvalue weighted by Crippen LogP contribution is -2.09. The quantitative estimate of drug-likeness (QED) is 0.680. The fraction of sp³-hybridized carbons (Fsp3) is 0.250. The van der Waals surface area contributed by atoms with Gasteiger partial charge in [0.25, 0.3) is 0 Å². The van der Waals surface area contributed by atoms with Gasteiger partial charge in [-0.15, -0.1) is 0 Å². The van der Waals surface area contributed by atoms with Gasteiger partial charge in [-0.3, -0.25) is 0 Å². The van der Waals surface area contributed by atoms with E-state index in [2.05, 4.69) is 0 Å². The minimum absolute atomic E-state index is 0.0571. The molecule has 0 spiro atoms. The van der Waals surface area contributed by atoms with E-state index in [0.717, 1.165) is 6.07 Å². The lowest BCUT2D eigenvalue weighted by Gasteiger charge is -2.10. The molecule has 0 aliphatic heterocycles. The summed E-state index contributed by atoms with van der Waals surface area (Å²) < 4.78 is 18.0. The third-order valence-corrected chi connectivity index (χ3v) is 2.00. The van der Waals surface area contributed by atoms with Crippen molar-refractivity contribution in [1.82, 2.24) is 5.48 Å². The van der Waals surface area contributed by atoms with E-state index >= 15 is 0 Å². The summed E-state index contributed by atoms with van der Waals surface area (Å²) in [4.78, 5) is 0. The summed E-state index contributed by atoms with van der Waals surface area (Å²) in [6, 6.07) is 1.16. The van der Waals surface area contributed by atoms with Crippen LogP contribution in [0, 0.1) is 5.82 Å². The van der Waals surface area contributed by atoms with Crippen LogP contribution in [0.2, 0.25) is 5.02 Å². The van der Waals surface area contributed by atoms with Crippen molar-refractivity contribution >= 4 is 11.6 Å². The first-order valence-electron chi connectivity index (χ1n) is 3.72. The van der Waals surface area contributed by atoms with Gasteiger partial charge in [-0.1, -0.05) is 11.6 Å². The van der Waals surface area contributed by atoms with Crippen LogP contribution < -0.4 is 10.2 Å². The second kappa shape index (κ2) is 4.45. The van der Waals surface area contributed by atoms with Gasteiger partial charge in [0.2, 0.25) is 0 Å². The molecule has 0 saturated heterocycles. The molecular formula is C8H9ClFNO3. The highest BCUT2D eigenvalue weighted by Crippen LogP contribution is 2.35. The van der Waals surface area contributed by atoms with Gasteiger partial charge >= 0.3 is 0 Å². The number of halogens is 2. The largest absolute Gasteiger partial charge is 0.504 e. The highest BCUT2D eigenvalue weighted by molar-refractivity contribution is 6.31. The Labute approximate surface area is 84.8 Å². The van der Waals surface area contributed by atoms with Gasteiger partial charge in [-0.25, -0.2) is 9.87 Å². The number of rotatable bonds is 3. The van der Waals surface area contributed by atoms with Crippen molar-refractivity contribution in [3.05, 3.63) is 22.5 Å². The summed E-state index contributed by atoms with van der Waals surface area (Å²) >= 11 is 5.53. The Balaban J connectivity index is 3.29. The summed E-state index contributed by atoms with van der Waals surface area (Å²) in [5, 5.41) is 17.7. The van der Waals surface area contributed by atoms with E-state index in [4.69, 9.17) is 21.5 Å². The molecule has 0 aliphatic carbocycles. The molecule has 3 N–H and O–H groups in total. The van der Waals surface area contributed by atoms with Crippen LogP contribution in [0.5, 0.6) is 11.5 Å². The Hall–Kier alpha value is -1.04. The Bertz CT molecular complexity index is 346. The Morgan fingerprint density at radius 2 is 2.29 bits per heavy atom. The van der Waals surface area contributed by atoms with Gasteiger partial charge < -0.3 is 15.1 Å². The maximum Gasteiger partial charge on any atom is 0.165 e. The predicted octanol–water partition coefficient (Wildman–Crippen LogP) is 1.67. The molecule has 0 fully saturated rings. The third kappa shape index (κ3) is 1.89. The monoisotopic (exact) mass is 221 g/mol. The maximum absolute atomic E-state index is 13.3. The first-order valence-corrected chi connectivity index (χ1v) is 4.10. The van der Waals surface area contributed by atoms with Crippen LogP contribution in [0.1, 0.15) is 5.56 Å². The van der Waals surface area contributed by atoms with E-state index in [9.17, 15) is 9.50 Å². The van der Waals surface area contributed by atoms with Crippen LogP contribution in [-0.2, 0) is 6.54 Å². The molecule has 0 saturated carbocycles. The number of benzene rings is 1. The van der Waals surface area contributed by atoms with Crippen molar-refractivity contribution in [2.24, 2.45) is 0 Å². The van der Waals surface area contributed by atoms with Gasteiger partial charge in [-0.2, -0.15) is 0 Å². The molecular weight excluding hydrogens is 213 g/mol. The highest BCUT2D eigenvalue weighted by atomic mass is 35.5. The summed E-state index contributed by atoms with van der Waals surface area (Å²) in [5.74, 6) is -1.11. The first-order chi connectivity index (χ1) is 6.61. The Morgan fingerprint density at radius 3 is 2.79 bits per heavy atom. The molecule has 1 aromatic rings. The molecule has 4 nitrogen and oxygen atoms in total. The maximum atomic E-state index is 13.3. The molecule has 0 unspecified atom stereocenters. The first kappa shape index (κ1) is 11.0. The average molecular weight is 222 g/mol. The van der Waals surface area contributed by atoms with E-state index in [0.29, 0.717) is 0 Å². The molecule has 0 amide bonds. The summed E-state index contributed by atoms with van der Waals surface area (Å²) in [7, 11) is 1.32. The number of nitrogens with one attached hydrogen (secondary N) is 1. The zero-order valence-corrected chi connectivity index (χ0v) is 8.10. The van der Waals surface area contributed by atoms with Crippen LogP contribution >= 0.6 is 11.6 Å². The number of phenols is 1. The molecule has 0 bridgehead atoms. The molecule has 1 rings (SSSR count). The Morgan fingerprint density at radius 1 is 1.64 bits per heavy atom. The lowest BCUT2D eigenvalue weighted by atomic mass is 10.1. The van der Waals surface area contributed by atoms with Gasteiger partial charge in [0.1, 0.15) is 5.82 Å². The summed E-state index contributed by atoms with van der Waals surface area (Å²) in [5.41, 5.74) is 1.59. The van der Waals surface area contributed by atoms with E-state index in [-0.39, 0.29) is 28.6 Å². The van der Waals surface area contributed by atoms with Crippen LogP contribution in [0.25, 0.3) is 0 Å². The predicted molar refractivity (Wildman–Crippen MR) is 48.3 cm³/mol. The molecule has 0 radical (unpaired) electrons. The zero-order valence-electron chi connectivity index (χ0n) is 7.34. The van der Waals surface area contributed by atoms with Gasteiger partial charge in [0.15, 0.2) is 11.5 Å². The number of aromatic hydroxyl groups is 1. The van der Waals surface area contributed by atoms with Crippen LogP contribution in [0.4, 0.5) is 4.39 Å². The number of phenolic OH excluding ortho intramolecular Hbond substituents is 1. The van der Waals surface area contributed by atoms with E-state index in [1.54, 1.807) is 5.48 Å². The highest BCUT2D eigenvalue weighted by Gasteiger charge is 2.16. The van der Waals surface area contributed by atoms with Crippen molar-refractivity contribution in [2.75, 3.05) is 7.11 Å². The molecule has 6 heteroatoms. The van der Waals surface area contributed by atoms with Gasteiger partial charge in [-0.05, 0) is 0 Å². The fourth-order valence-corrected chi connectivity index (χ4v) is 1.25. The molecule has 0 aliphatic rings.